The zero-order valence-electron chi connectivity index (χ0n) is 8.14. The van der Waals surface area contributed by atoms with Crippen LogP contribution in [0.1, 0.15) is 11.1 Å². The summed E-state index contributed by atoms with van der Waals surface area (Å²) in [5, 5.41) is 0. The van der Waals surface area contributed by atoms with Gasteiger partial charge in [-0.1, -0.05) is 36.4 Å². The van der Waals surface area contributed by atoms with Crippen LogP contribution in [0.3, 0.4) is 0 Å². The number of aliphatic imine (C=N–C) groups is 1. The first kappa shape index (κ1) is 9.66. The molecule has 1 nitrogen and oxygen atoms in total. The highest BCUT2D eigenvalue weighted by molar-refractivity contribution is 5.81. The third kappa shape index (κ3) is 2.78. The van der Waals surface area contributed by atoms with E-state index in [1.807, 2.05) is 36.4 Å². The highest BCUT2D eigenvalue weighted by atomic mass is 14.7. The molecule has 2 rings (SSSR count). The van der Waals surface area contributed by atoms with Crippen molar-refractivity contribution in [1.29, 1.82) is 0 Å². The maximum atomic E-state index is 7.34. The zero-order valence-corrected chi connectivity index (χ0v) is 8.14. The number of benzene rings is 2. The van der Waals surface area contributed by atoms with Crippen LogP contribution < -0.4 is 0 Å². The van der Waals surface area contributed by atoms with Crippen molar-refractivity contribution in [2.24, 2.45) is 4.99 Å². The average molecular weight is 191 g/mol. The largest absolute Gasteiger partial charge is 0.256 e. The topological polar surface area (TPSA) is 12.4 Å². The van der Waals surface area contributed by atoms with Crippen molar-refractivity contribution in [3.05, 3.63) is 72.6 Å². The quantitative estimate of drug-likeness (QED) is 0.646. The Morgan fingerprint density at radius 3 is 2.33 bits per heavy atom. The third-order valence-electron chi connectivity index (χ3n) is 1.97. The van der Waals surface area contributed by atoms with E-state index in [9.17, 15) is 0 Å². The lowest BCUT2D eigenvalue weighted by Gasteiger charge is -1.94. The first-order valence-corrected chi connectivity index (χ1v) is 4.66. The minimum Gasteiger partial charge on any atom is -0.256 e. The molecule has 0 unspecified atom stereocenters. The van der Waals surface area contributed by atoms with Gasteiger partial charge in [0.15, 0.2) is 0 Å². The van der Waals surface area contributed by atoms with Crippen molar-refractivity contribution in [1.82, 2.24) is 0 Å². The smallest absolute Gasteiger partial charge is 0.0630 e. The van der Waals surface area contributed by atoms with Crippen LogP contribution in [0.15, 0.2) is 53.5 Å². The summed E-state index contributed by atoms with van der Waals surface area (Å²) in [6, 6.07) is 17.7. The molecule has 15 heavy (non-hydrogen) atoms. The maximum Gasteiger partial charge on any atom is 0.0630 e. The van der Waals surface area contributed by atoms with Gasteiger partial charge in [0.25, 0.3) is 0 Å². The highest BCUT2D eigenvalue weighted by Crippen LogP contribution is 2.09. The van der Waals surface area contributed by atoms with Crippen molar-refractivity contribution in [2.45, 2.75) is 0 Å². The van der Waals surface area contributed by atoms with E-state index in [1.54, 1.807) is 18.3 Å². The van der Waals surface area contributed by atoms with Crippen LogP contribution in [0.25, 0.3) is 0 Å². The Balaban J connectivity index is 2.15. The Kier molecular flexibility index (Phi) is 2.93. The first-order chi connectivity index (χ1) is 7.34. The predicted octanol–water partition coefficient (Wildman–Crippen LogP) is 3.17. The molecule has 0 saturated heterocycles. The molecule has 2 aromatic rings. The molecule has 0 amide bonds. The third-order valence-corrected chi connectivity index (χ3v) is 1.97. The summed E-state index contributed by atoms with van der Waals surface area (Å²) >= 11 is 0. The summed E-state index contributed by atoms with van der Waals surface area (Å²) in [6.45, 7) is 7.34. The van der Waals surface area contributed by atoms with Gasteiger partial charge in [0.1, 0.15) is 0 Å². The lowest BCUT2D eigenvalue weighted by atomic mass is 10.2. The number of rotatable bonds is 2. The molecule has 0 heterocycles. The van der Waals surface area contributed by atoms with Crippen LogP contribution in [0.4, 0.5) is 5.69 Å². The lowest BCUT2D eigenvalue weighted by Crippen LogP contribution is -1.80. The van der Waals surface area contributed by atoms with Crippen molar-refractivity contribution in [3.63, 3.8) is 0 Å². The molecule has 0 N–H and O–H groups in total. The second-order valence-corrected chi connectivity index (χ2v) is 3.14. The average Bonchev–Trinajstić information content (AvgIpc) is 2.30. The molecule has 2 aromatic carbocycles. The summed E-state index contributed by atoms with van der Waals surface area (Å²) in [5.41, 5.74) is 2.42. The summed E-state index contributed by atoms with van der Waals surface area (Å²) in [7, 11) is 0. The molecular weight excluding hydrogens is 182 g/mol. The monoisotopic (exact) mass is 191 g/mol. The van der Waals surface area contributed by atoms with Gasteiger partial charge in [-0.25, -0.2) is 0 Å². The normalized spacial score (nSPS) is 10.7. The highest BCUT2D eigenvalue weighted by Gasteiger charge is 1.88. The number of hydrogen-bond acceptors (Lipinski definition) is 1. The van der Waals surface area contributed by atoms with Gasteiger partial charge >= 0.3 is 0 Å². The second-order valence-electron chi connectivity index (χ2n) is 3.14. The van der Waals surface area contributed by atoms with Crippen LogP contribution in [0.2, 0.25) is 0 Å². The molecule has 0 aliphatic heterocycles. The molecule has 0 bridgehead atoms. The predicted molar refractivity (Wildman–Crippen MR) is 61.3 cm³/mol. The van der Waals surface area contributed by atoms with E-state index in [0.29, 0.717) is 5.56 Å². The fourth-order valence-corrected chi connectivity index (χ4v) is 1.18. The number of nitrogens with zero attached hydrogens (tertiary/aromatic N) is 1. The van der Waals surface area contributed by atoms with Gasteiger partial charge < -0.3 is 0 Å². The SMILES string of the molecule is [C]c1ccc(C=Nc2cc[c]cc2)cc1. The molecule has 70 valence electrons. The Morgan fingerprint density at radius 2 is 1.67 bits per heavy atom. The first-order valence-electron chi connectivity index (χ1n) is 4.66. The van der Waals surface area contributed by atoms with Gasteiger partial charge in [-0.2, -0.15) is 0 Å². The molecule has 4 radical (unpaired) electrons. The van der Waals surface area contributed by atoms with Gasteiger partial charge in [-0.15, -0.1) is 0 Å². The van der Waals surface area contributed by atoms with Crippen LogP contribution >= 0.6 is 0 Å². The van der Waals surface area contributed by atoms with E-state index in [2.05, 4.69) is 11.1 Å². The summed E-state index contributed by atoms with van der Waals surface area (Å²) in [4.78, 5) is 4.30. The molecule has 0 aromatic heterocycles. The Morgan fingerprint density at radius 1 is 1.00 bits per heavy atom. The van der Waals surface area contributed by atoms with Crippen molar-refractivity contribution in [3.8, 4) is 0 Å². The Hall–Kier alpha value is -1.89. The van der Waals surface area contributed by atoms with Gasteiger partial charge in [0.2, 0.25) is 0 Å². The molecule has 0 saturated carbocycles. The van der Waals surface area contributed by atoms with Gasteiger partial charge in [-0.3, -0.25) is 4.99 Å². The maximum absolute atomic E-state index is 7.34. The summed E-state index contributed by atoms with van der Waals surface area (Å²) in [6.07, 6.45) is 1.79. The van der Waals surface area contributed by atoms with Crippen molar-refractivity contribution >= 4 is 11.9 Å². The molecule has 0 spiro atoms. The summed E-state index contributed by atoms with van der Waals surface area (Å²) in [5.74, 6) is 0. The van der Waals surface area contributed by atoms with E-state index in [4.69, 9.17) is 6.92 Å². The van der Waals surface area contributed by atoms with Gasteiger partial charge in [0.05, 0.1) is 5.69 Å². The van der Waals surface area contributed by atoms with Gasteiger partial charge in [-0.05, 0) is 29.3 Å². The fourth-order valence-electron chi connectivity index (χ4n) is 1.18. The zero-order chi connectivity index (χ0) is 10.5. The molecular formula is C14H9N. The van der Waals surface area contributed by atoms with E-state index in [0.717, 1.165) is 11.3 Å². The Labute approximate surface area is 90.1 Å². The molecule has 0 atom stereocenters. The van der Waals surface area contributed by atoms with Gasteiger partial charge in [0, 0.05) is 13.1 Å². The molecule has 0 aliphatic rings. The number of hydrogen-bond donors (Lipinski definition) is 0. The van der Waals surface area contributed by atoms with Crippen molar-refractivity contribution in [2.75, 3.05) is 0 Å². The van der Waals surface area contributed by atoms with E-state index in [-0.39, 0.29) is 0 Å². The minimum absolute atomic E-state index is 0.515. The van der Waals surface area contributed by atoms with E-state index >= 15 is 0 Å². The standard InChI is InChI=1S/C14H9N/c1-12-7-9-13(10-8-12)11-15-14-5-3-2-4-6-14/h3-11H. The fraction of sp³-hybridized carbons (Fsp3) is 0. The Bertz CT molecular complexity index is 441. The summed E-state index contributed by atoms with van der Waals surface area (Å²) < 4.78 is 0. The van der Waals surface area contributed by atoms with E-state index < -0.39 is 0 Å². The van der Waals surface area contributed by atoms with E-state index in [1.165, 1.54) is 0 Å². The van der Waals surface area contributed by atoms with Crippen LogP contribution in [0.5, 0.6) is 0 Å². The van der Waals surface area contributed by atoms with Crippen LogP contribution in [-0.2, 0) is 0 Å². The molecule has 0 aliphatic carbocycles. The van der Waals surface area contributed by atoms with Crippen LogP contribution in [-0.4, -0.2) is 6.21 Å². The van der Waals surface area contributed by atoms with Crippen LogP contribution in [0, 0.1) is 13.0 Å². The van der Waals surface area contributed by atoms with Crippen molar-refractivity contribution < 1.29 is 0 Å². The minimum atomic E-state index is 0.515. The molecule has 0 fully saturated rings. The molecule has 1 heteroatoms. The lowest BCUT2D eigenvalue weighted by molar-refractivity contribution is 1.51. The second kappa shape index (κ2) is 4.56.